The molecule has 0 aliphatic carbocycles. The quantitative estimate of drug-likeness (QED) is 0.797. The number of nitrogens with zero attached hydrogens (tertiary/aromatic N) is 2. The molecule has 2 saturated heterocycles. The fourth-order valence-corrected chi connectivity index (χ4v) is 4.31. The van der Waals surface area contributed by atoms with Gasteiger partial charge >= 0.3 is 0 Å². The zero-order valence-electron chi connectivity index (χ0n) is 16.6. The highest BCUT2D eigenvalue weighted by Crippen LogP contribution is 2.23. The summed E-state index contributed by atoms with van der Waals surface area (Å²) in [5, 5.41) is 0. The molecule has 2 heterocycles. The highest BCUT2D eigenvalue weighted by molar-refractivity contribution is 5.94. The molecule has 4 nitrogen and oxygen atoms in total. The van der Waals surface area contributed by atoms with Gasteiger partial charge < -0.3 is 9.64 Å². The van der Waals surface area contributed by atoms with E-state index in [1.54, 1.807) is 0 Å². The van der Waals surface area contributed by atoms with Gasteiger partial charge in [0, 0.05) is 25.2 Å². The Hall–Kier alpha value is -2.17. The van der Waals surface area contributed by atoms with Crippen molar-refractivity contribution in [3.63, 3.8) is 0 Å². The number of carbonyl (C=O) groups excluding carboxylic acids is 1. The van der Waals surface area contributed by atoms with Crippen molar-refractivity contribution in [1.82, 2.24) is 9.80 Å². The van der Waals surface area contributed by atoms with Crippen molar-refractivity contribution in [2.75, 3.05) is 39.4 Å². The van der Waals surface area contributed by atoms with Crippen molar-refractivity contribution >= 4 is 5.91 Å². The second kappa shape index (κ2) is 9.35. The van der Waals surface area contributed by atoms with Crippen LogP contribution in [0.25, 0.3) is 0 Å². The summed E-state index contributed by atoms with van der Waals surface area (Å²) in [4.78, 5) is 17.1. The molecule has 28 heavy (non-hydrogen) atoms. The lowest BCUT2D eigenvalue weighted by molar-refractivity contribution is 0.0303. The Balaban J connectivity index is 1.30. The van der Waals surface area contributed by atoms with E-state index in [2.05, 4.69) is 47.4 Å². The molecule has 148 valence electrons. The highest BCUT2D eigenvalue weighted by Gasteiger charge is 2.21. The standard InChI is InChI=1S/C24H30N2O2/c27-24(26-13-15-28-16-14-26)23-8-4-7-22(18-23)19-25-11-9-21(10-12-25)17-20-5-2-1-3-6-20/h1-8,18,21H,9-17,19H2. The Labute approximate surface area is 168 Å². The van der Waals surface area contributed by atoms with Gasteiger partial charge in [-0.25, -0.2) is 0 Å². The smallest absolute Gasteiger partial charge is 0.254 e. The number of ether oxygens (including phenoxy) is 1. The molecule has 4 rings (SSSR count). The van der Waals surface area contributed by atoms with Gasteiger partial charge in [-0.05, 0) is 61.5 Å². The minimum Gasteiger partial charge on any atom is -0.378 e. The molecule has 0 N–H and O–H groups in total. The van der Waals surface area contributed by atoms with Gasteiger partial charge in [0.1, 0.15) is 0 Å². The first-order valence-corrected chi connectivity index (χ1v) is 10.5. The van der Waals surface area contributed by atoms with Gasteiger partial charge in [-0.3, -0.25) is 9.69 Å². The molecule has 2 fully saturated rings. The van der Waals surface area contributed by atoms with E-state index in [1.807, 2.05) is 17.0 Å². The number of benzene rings is 2. The van der Waals surface area contributed by atoms with Crippen LogP contribution in [-0.4, -0.2) is 55.1 Å². The van der Waals surface area contributed by atoms with E-state index in [0.717, 1.165) is 31.1 Å². The third-order valence-electron chi connectivity index (χ3n) is 5.95. The van der Waals surface area contributed by atoms with Gasteiger partial charge in [0.2, 0.25) is 0 Å². The monoisotopic (exact) mass is 378 g/mol. The summed E-state index contributed by atoms with van der Waals surface area (Å²) < 4.78 is 5.36. The maximum absolute atomic E-state index is 12.7. The average Bonchev–Trinajstić information content (AvgIpc) is 2.76. The molecule has 2 aliphatic heterocycles. The number of piperidine rings is 1. The molecule has 2 aromatic carbocycles. The van der Waals surface area contributed by atoms with Gasteiger partial charge in [0.05, 0.1) is 13.2 Å². The first kappa shape index (κ1) is 19.2. The number of morpholine rings is 1. The van der Waals surface area contributed by atoms with Crippen molar-refractivity contribution in [3.05, 3.63) is 71.3 Å². The van der Waals surface area contributed by atoms with Gasteiger partial charge in [0.25, 0.3) is 5.91 Å². The lowest BCUT2D eigenvalue weighted by atomic mass is 9.90. The zero-order valence-corrected chi connectivity index (χ0v) is 16.6. The van der Waals surface area contributed by atoms with Crippen LogP contribution in [0.15, 0.2) is 54.6 Å². The third-order valence-corrected chi connectivity index (χ3v) is 5.95. The van der Waals surface area contributed by atoms with Crippen LogP contribution in [0.5, 0.6) is 0 Å². The molecule has 0 spiro atoms. The summed E-state index contributed by atoms with van der Waals surface area (Å²) >= 11 is 0. The van der Waals surface area contributed by atoms with Crippen LogP contribution in [-0.2, 0) is 17.7 Å². The normalized spacial score (nSPS) is 18.9. The van der Waals surface area contributed by atoms with E-state index in [1.165, 1.54) is 30.4 Å². The van der Waals surface area contributed by atoms with Crippen molar-refractivity contribution in [2.24, 2.45) is 5.92 Å². The van der Waals surface area contributed by atoms with E-state index >= 15 is 0 Å². The zero-order chi connectivity index (χ0) is 19.2. The Kier molecular flexibility index (Phi) is 6.40. The molecular formula is C24H30N2O2. The SMILES string of the molecule is O=C(c1cccc(CN2CCC(Cc3ccccc3)CC2)c1)N1CCOCC1. The largest absolute Gasteiger partial charge is 0.378 e. The average molecular weight is 379 g/mol. The molecule has 0 bridgehead atoms. The van der Waals surface area contributed by atoms with Crippen LogP contribution in [0.3, 0.4) is 0 Å². The first-order chi connectivity index (χ1) is 13.8. The fourth-order valence-electron chi connectivity index (χ4n) is 4.31. The summed E-state index contributed by atoms with van der Waals surface area (Å²) in [5.74, 6) is 0.916. The van der Waals surface area contributed by atoms with Crippen LogP contribution in [0.4, 0.5) is 0 Å². The summed E-state index contributed by atoms with van der Waals surface area (Å²) in [6.45, 7) is 5.88. The Morgan fingerprint density at radius 3 is 2.36 bits per heavy atom. The fraction of sp³-hybridized carbons (Fsp3) is 0.458. The molecule has 2 aliphatic rings. The molecule has 0 atom stereocenters. The van der Waals surface area contributed by atoms with Gasteiger partial charge in [-0.2, -0.15) is 0 Å². The molecule has 0 unspecified atom stereocenters. The Morgan fingerprint density at radius 2 is 1.61 bits per heavy atom. The van der Waals surface area contributed by atoms with Crippen molar-refractivity contribution in [2.45, 2.75) is 25.8 Å². The molecular weight excluding hydrogens is 348 g/mol. The van der Waals surface area contributed by atoms with E-state index < -0.39 is 0 Å². The lowest BCUT2D eigenvalue weighted by Gasteiger charge is -2.32. The molecule has 0 aromatic heterocycles. The molecule has 2 aromatic rings. The summed E-state index contributed by atoms with van der Waals surface area (Å²) in [6.07, 6.45) is 3.70. The predicted molar refractivity (Wildman–Crippen MR) is 111 cm³/mol. The molecule has 1 amide bonds. The van der Waals surface area contributed by atoms with Crippen LogP contribution in [0.1, 0.15) is 34.3 Å². The van der Waals surface area contributed by atoms with Crippen LogP contribution in [0.2, 0.25) is 0 Å². The number of hydrogen-bond donors (Lipinski definition) is 0. The van der Waals surface area contributed by atoms with Crippen molar-refractivity contribution in [1.29, 1.82) is 0 Å². The maximum atomic E-state index is 12.7. The first-order valence-electron chi connectivity index (χ1n) is 10.5. The second-order valence-corrected chi connectivity index (χ2v) is 8.01. The summed E-state index contributed by atoms with van der Waals surface area (Å²) in [6, 6.07) is 19.0. The molecule has 0 saturated carbocycles. The van der Waals surface area contributed by atoms with Crippen molar-refractivity contribution < 1.29 is 9.53 Å². The molecule has 0 radical (unpaired) electrons. The maximum Gasteiger partial charge on any atom is 0.254 e. The Morgan fingerprint density at radius 1 is 0.893 bits per heavy atom. The highest BCUT2D eigenvalue weighted by atomic mass is 16.5. The minimum atomic E-state index is 0.131. The number of amides is 1. The number of likely N-dealkylation sites (tertiary alicyclic amines) is 1. The van der Waals surface area contributed by atoms with E-state index in [-0.39, 0.29) is 5.91 Å². The topological polar surface area (TPSA) is 32.8 Å². The predicted octanol–water partition coefficient (Wildman–Crippen LogP) is 3.61. The van der Waals surface area contributed by atoms with Crippen LogP contribution < -0.4 is 0 Å². The van der Waals surface area contributed by atoms with Gasteiger partial charge in [0.15, 0.2) is 0 Å². The van der Waals surface area contributed by atoms with Gasteiger partial charge in [-0.15, -0.1) is 0 Å². The van der Waals surface area contributed by atoms with Crippen LogP contribution >= 0.6 is 0 Å². The summed E-state index contributed by atoms with van der Waals surface area (Å²) in [7, 11) is 0. The summed E-state index contributed by atoms with van der Waals surface area (Å²) in [5.41, 5.74) is 3.49. The van der Waals surface area contributed by atoms with E-state index in [0.29, 0.717) is 26.3 Å². The number of hydrogen-bond acceptors (Lipinski definition) is 3. The van der Waals surface area contributed by atoms with E-state index in [4.69, 9.17) is 4.74 Å². The van der Waals surface area contributed by atoms with E-state index in [9.17, 15) is 4.79 Å². The van der Waals surface area contributed by atoms with Gasteiger partial charge in [-0.1, -0.05) is 42.5 Å². The number of rotatable bonds is 5. The van der Waals surface area contributed by atoms with Crippen molar-refractivity contribution in [3.8, 4) is 0 Å². The molecule has 4 heteroatoms. The van der Waals surface area contributed by atoms with Crippen LogP contribution in [0, 0.1) is 5.92 Å². The minimum absolute atomic E-state index is 0.131. The number of carbonyl (C=O) groups is 1. The second-order valence-electron chi connectivity index (χ2n) is 8.01. The lowest BCUT2D eigenvalue weighted by Crippen LogP contribution is -2.40. The Bertz CT molecular complexity index is 763. The third kappa shape index (κ3) is 5.00.